The van der Waals surface area contributed by atoms with E-state index in [9.17, 15) is 14.0 Å². The third kappa shape index (κ3) is 3.46. The minimum Gasteiger partial charge on any atom is -0.370 e. The molecule has 0 bridgehead atoms. The van der Waals surface area contributed by atoms with Crippen LogP contribution in [0.2, 0.25) is 0 Å². The topological polar surface area (TPSA) is 79.2 Å². The van der Waals surface area contributed by atoms with Crippen molar-refractivity contribution in [3.05, 3.63) is 46.0 Å². The van der Waals surface area contributed by atoms with Gasteiger partial charge in [-0.3, -0.25) is 14.5 Å². The van der Waals surface area contributed by atoms with Crippen LogP contribution in [0.4, 0.5) is 4.39 Å². The average Bonchev–Trinajstić information content (AvgIpc) is 2.39. The zero-order chi connectivity index (χ0) is 15.6. The molecule has 5 nitrogen and oxygen atoms in total. The van der Waals surface area contributed by atoms with E-state index in [0.29, 0.717) is 17.6 Å². The van der Waals surface area contributed by atoms with Crippen molar-refractivity contribution in [3.8, 4) is 0 Å². The molecule has 1 amide bonds. The van der Waals surface area contributed by atoms with E-state index in [1.165, 1.54) is 18.2 Å². The zero-order valence-corrected chi connectivity index (χ0v) is 12.0. The van der Waals surface area contributed by atoms with Crippen molar-refractivity contribution in [2.45, 2.75) is 25.9 Å². The summed E-state index contributed by atoms with van der Waals surface area (Å²) in [6.07, 6.45) is 0.225. The fourth-order valence-corrected chi connectivity index (χ4v) is 2.25. The Morgan fingerprint density at radius 2 is 2.19 bits per heavy atom. The number of nitrogens with one attached hydrogen (secondary N) is 1. The number of aromatic nitrogens is 1. The average molecular weight is 291 g/mol. The number of halogens is 1. The number of para-hydroxylation sites is 1. The first-order valence-corrected chi connectivity index (χ1v) is 6.67. The Hall–Kier alpha value is -2.21. The van der Waals surface area contributed by atoms with Gasteiger partial charge in [0.05, 0.1) is 5.52 Å². The molecule has 21 heavy (non-hydrogen) atoms. The van der Waals surface area contributed by atoms with Gasteiger partial charge in [0.25, 0.3) is 0 Å². The second-order valence-electron chi connectivity index (χ2n) is 5.26. The molecular weight excluding hydrogens is 273 g/mol. The van der Waals surface area contributed by atoms with E-state index in [4.69, 9.17) is 5.73 Å². The Morgan fingerprint density at radius 1 is 1.48 bits per heavy atom. The number of nitrogens with zero attached hydrogens (tertiary/aromatic N) is 1. The summed E-state index contributed by atoms with van der Waals surface area (Å²) in [5, 5.41) is 0.326. The van der Waals surface area contributed by atoms with Crippen molar-refractivity contribution < 1.29 is 9.18 Å². The number of aromatic amines is 1. The number of amides is 1. The Morgan fingerprint density at radius 3 is 2.86 bits per heavy atom. The van der Waals surface area contributed by atoms with Crippen LogP contribution in [0.3, 0.4) is 0 Å². The Labute approximate surface area is 121 Å². The van der Waals surface area contributed by atoms with E-state index >= 15 is 0 Å². The summed E-state index contributed by atoms with van der Waals surface area (Å²) in [5.41, 5.74) is 5.74. The molecule has 0 radical (unpaired) electrons. The molecule has 2 rings (SSSR count). The molecule has 3 N–H and O–H groups in total. The third-order valence-corrected chi connectivity index (χ3v) is 3.54. The van der Waals surface area contributed by atoms with Gasteiger partial charge in [-0.05, 0) is 26.1 Å². The van der Waals surface area contributed by atoms with Crippen molar-refractivity contribution in [1.29, 1.82) is 0 Å². The number of hydrogen-bond donors (Lipinski definition) is 2. The predicted molar refractivity (Wildman–Crippen MR) is 79.3 cm³/mol. The predicted octanol–water partition coefficient (Wildman–Crippen LogP) is 1.36. The van der Waals surface area contributed by atoms with E-state index in [0.717, 1.165) is 0 Å². The smallest absolute Gasteiger partial charge is 0.218 e. The maximum absolute atomic E-state index is 13.8. The molecule has 1 atom stereocenters. The van der Waals surface area contributed by atoms with Crippen LogP contribution >= 0.6 is 0 Å². The number of fused-ring (bicyclic) bond motifs is 1. The molecule has 112 valence electrons. The molecular formula is C15H18FN3O2. The minimum atomic E-state index is -0.459. The highest BCUT2D eigenvalue weighted by atomic mass is 19.1. The molecule has 6 heteroatoms. The van der Waals surface area contributed by atoms with E-state index in [1.807, 2.05) is 18.9 Å². The van der Waals surface area contributed by atoms with E-state index in [-0.39, 0.29) is 29.3 Å². The third-order valence-electron chi connectivity index (χ3n) is 3.54. The summed E-state index contributed by atoms with van der Waals surface area (Å²) in [7, 11) is 1.82. The lowest BCUT2D eigenvalue weighted by atomic mass is 10.1. The number of rotatable bonds is 5. The van der Waals surface area contributed by atoms with Gasteiger partial charge in [-0.1, -0.05) is 6.07 Å². The second-order valence-corrected chi connectivity index (χ2v) is 5.26. The summed E-state index contributed by atoms with van der Waals surface area (Å²) < 4.78 is 13.8. The van der Waals surface area contributed by atoms with E-state index in [2.05, 4.69) is 4.98 Å². The summed E-state index contributed by atoms with van der Waals surface area (Å²) in [6.45, 7) is 2.26. The molecule has 0 fully saturated rings. The van der Waals surface area contributed by atoms with Gasteiger partial charge >= 0.3 is 0 Å². The lowest BCUT2D eigenvalue weighted by molar-refractivity contribution is -0.119. The summed E-state index contributed by atoms with van der Waals surface area (Å²) in [6, 6.07) is 5.78. The van der Waals surface area contributed by atoms with Gasteiger partial charge in [0, 0.05) is 36.2 Å². The van der Waals surface area contributed by atoms with Crippen LogP contribution < -0.4 is 11.2 Å². The molecule has 0 aliphatic rings. The summed E-state index contributed by atoms with van der Waals surface area (Å²) >= 11 is 0. The highest BCUT2D eigenvalue weighted by Crippen LogP contribution is 2.14. The lowest BCUT2D eigenvalue weighted by Crippen LogP contribution is -2.33. The van der Waals surface area contributed by atoms with Crippen LogP contribution in [0.1, 0.15) is 19.0 Å². The number of nitrogens with two attached hydrogens (primary N) is 1. The van der Waals surface area contributed by atoms with Gasteiger partial charge in [-0.15, -0.1) is 0 Å². The van der Waals surface area contributed by atoms with Gasteiger partial charge in [-0.2, -0.15) is 0 Å². The fraction of sp³-hybridized carbons (Fsp3) is 0.333. The number of pyridine rings is 1. The number of carbonyl (C=O) groups is 1. The Bertz CT molecular complexity index is 726. The van der Waals surface area contributed by atoms with Crippen LogP contribution in [0, 0.1) is 5.82 Å². The molecule has 0 aliphatic carbocycles. The Balaban J connectivity index is 2.29. The van der Waals surface area contributed by atoms with Crippen LogP contribution in [0.15, 0.2) is 29.1 Å². The van der Waals surface area contributed by atoms with E-state index in [1.54, 1.807) is 6.07 Å². The first-order chi connectivity index (χ1) is 9.88. The monoisotopic (exact) mass is 291 g/mol. The molecule has 2 aromatic rings. The van der Waals surface area contributed by atoms with Crippen molar-refractivity contribution in [1.82, 2.24) is 9.88 Å². The molecule has 0 saturated carbocycles. The van der Waals surface area contributed by atoms with Crippen LogP contribution in [-0.4, -0.2) is 28.9 Å². The quantitative estimate of drug-likeness (QED) is 0.873. The van der Waals surface area contributed by atoms with Crippen molar-refractivity contribution in [2.24, 2.45) is 5.73 Å². The lowest BCUT2D eigenvalue weighted by Gasteiger charge is -2.23. The molecule has 0 spiro atoms. The molecule has 1 unspecified atom stereocenters. The number of H-pyrrole nitrogens is 1. The minimum absolute atomic E-state index is 0.0673. The summed E-state index contributed by atoms with van der Waals surface area (Å²) in [5.74, 6) is -0.841. The number of benzene rings is 1. The molecule has 0 aliphatic heterocycles. The summed E-state index contributed by atoms with van der Waals surface area (Å²) in [4.78, 5) is 27.7. The van der Waals surface area contributed by atoms with Gasteiger partial charge in [0.15, 0.2) is 5.43 Å². The molecule has 0 saturated heterocycles. The molecule has 1 aromatic heterocycles. The highest BCUT2D eigenvalue weighted by Gasteiger charge is 2.14. The molecule has 1 heterocycles. The van der Waals surface area contributed by atoms with Crippen molar-refractivity contribution in [2.75, 3.05) is 7.05 Å². The number of carbonyl (C=O) groups excluding carboxylic acids is 1. The van der Waals surface area contributed by atoms with Crippen LogP contribution in [0.25, 0.3) is 10.9 Å². The highest BCUT2D eigenvalue weighted by molar-refractivity contribution is 5.79. The second kappa shape index (κ2) is 6.05. The van der Waals surface area contributed by atoms with Crippen molar-refractivity contribution in [3.63, 3.8) is 0 Å². The van der Waals surface area contributed by atoms with Gasteiger partial charge in [-0.25, -0.2) is 4.39 Å². The van der Waals surface area contributed by atoms with E-state index < -0.39 is 5.82 Å². The number of primary amides is 1. The van der Waals surface area contributed by atoms with Crippen LogP contribution in [-0.2, 0) is 11.3 Å². The number of hydrogen-bond acceptors (Lipinski definition) is 3. The van der Waals surface area contributed by atoms with Crippen LogP contribution in [0.5, 0.6) is 0 Å². The first kappa shape index (κ1) is 15.2. The fourth-order valence-electron chi connectivity index (χ4n) is 2.25. The molecule has 1 aromatic carbocycles. The standard InChI is InChI=1S/C15H18FN3O2/c1-9(6-14(17)21)19(2)8-10-7-13(20)11-4-3-5-12(16)15(11)18-10/h3-5,7,9H,6,8H2,1-2H3,(H2,17,21)(H,18,20). The van der Waals surface area contributed by atoms with Crippen molar-refractivity contribution >= 4 is 16.8 Å². The Kier molecular flexibility index (Phi) is 4.37. The van der Waals surface area contributed by atoms with Gasteiger partial charge in [0.1, 0.15) is 5.82 Å². The zero-order valence-electron chi connectivity index (χ0n) is 12.0. The van der Waals surface area contributed by atoms with Gasteiger partial charge in [0.2, 0.25) is 5.91 Å². The maximum atomic E-state index is 13.8. The maximum Gasteiger partial charge on any atom is 0.218 e. The SMILES string of the molecule is CC(CC(N)=O)N(C)Cc1cc(=O)c2cccc(F)c2[nH]1. The first-order valence-electron chi connectivity index (χ1n) is 6.67. The largest absolute Gasteiger partial charge is 0.370 e. The van der Waals surface area contributed by atoms with Gasteiger partial charge < -0.3 is 10.7 Å². The normalized spacial score (nSPS) is 12.8.